The second-order valence-electron chi connectivity index (χ2n) is 8.30. The van der Waals surface area contributed by atoms with Crippen molar-refractivity contribution < 1.29 is 34.2 Å². The molecule has 2 N–H and O–H groups in total. The van der Waals surface area contributed by atoms with Gasteiger partial charge in [0, 0.05) is 5.57 Å². The third-order valence-corrected chi connectivity index (χ3v) is 6.13. The van der Waals surface area contributed by atoms with Crippen molar-refractivity contribution in [3.63, 3.8) is 0 Å². The highest BCUT2D eigenvalue weighted by Crippen LogP contribution is 2.38. The van der Waals surface area contributed by atoms with Gasteiger partial charge in [0.05, 0.1) is 32.3 Å². The molecule has 2 heterocycles. The van der Waals surface area contributed by atoms with Crippen LogP contribution in [0.15, 0.2) is 66.8 Å². The Morgan fingerprint density at radius 1 is 1.15 bits per heavy atom. The van der Waals surface area contributed by atoms with E-state index in [1.807, 2.05) is 0 Å². The molecule has 0 aliphatic carbocycles. The summed E-state index contributed by atoms with van der Waals surface area (Å²) in [7, 11) is 0. The molecule has 8 nitrogen and oxygen atoms in total. The minimum atomic E-state index is -0.815. The first-order valence-electron chi connectivity index (χ1n) is 11.3. The van der Waals surface area contributed by atoms with Gasteiger partial charge < -0.3 is 29.5 Å². The second-order valence-corrected chi connectivity index (χ2v) is 8.30. The van der Waals surface area contributed by atoms with E-state index in [4.69, 9.17) is 9.47 Å². The van der Waals surface area contributed by atoms with Crippen molar-refractivity contribution in [2.24, 2.45) is 0 Å². The summed E-state index contributed by atoms with van der Waals surface area (Å²) in [6, 6.07) is 11.9. The van der Waals surface area contributed by atoms with Crippen LogP contribution in [-0.2, 0) is 14.3 Å². The van der Waals surface area contributed by atoms with Crippen molar-refractivity contribution in [3.05, 3.63) is 77.9 Å². The van der Waals surface area contributed by atoms with E-state index in [1.165, 1.54) is 21.9 Å². The molecule has 0 aromatic heterocycles. The molecular formula is C26H28N2O6. The maximum absolute atomic E-state index is 13.5. The van der Waals surface area contributed by atoms with Crippen LogP contribution in [0.2, 0.25) is 0 Å². The third kappa shape index (κ3) is 4.98. The van der Waals surface area contributed by atoms with Crippen LogP contribution in [0.1, 0.15) is 17.2 Å². The lowest BCUT2D eigenvalue weighted by Gasteiger charge is -2.30. The molecule has 178 valence electrons. The van der Waals surface area contributed by atoms with Crippen molar-refractivity contribution in [2.45, 2.75) is 6.04 Å². The number of ether oxygens (including phenoxy) is 2. The third-order valence-electron chi connectivity index (χ3n) is 6.13. The number of hydrogen-bond acceptors (Lipinski definition) is 6. The Morgan fingerprint density at radius 2 is 1.82 bits per heavy atom. The van der Waals surface area contributed by atoms with Crippen LogP contribution in [0.3, 0.4) is 0 Å². The molecule has 0 spiro atoms. The molecule has 1 atom stereocenters. The first-order chi connectivity index (χ1) is 16.5. The van der Waals surface area contributed by atoms with Crippen molar-refractivity contribution in [1.82, 2.24) is 4.90 Å². The summed E-state index contributed by atoms with van der Waals surface area (Å²) in [5, 5.41) is 23.2. The Morgan fingerprint density at radius 3 is 2.47 bits per heavy atom. The molecule has 0 bridgehead atoms. The molecule has 2 aliphatic heterocycles. The number of phenolic OH excluding ortho intramolecular Hbond substituents is 1. The van der Waals surface area contributed by atoms with E-state index < -0.39 is 23.5 Å². The van der Waals surface area contributed by atoms with Gasteiger partial charge in [-0.15, -0.1) is 0 Å². The quantitative estimate of drug-likeness (QED) is 0.249. The number of amides is 1. The minimum absolute atomic E-state index is 0.0618. The number of hydrogen-bond donors (Lipinski definition) is 2. The van der Waals surface area contributed by atoms with E-state index in [9.17, 15) is 19.8 Å². The number of quaternary nitrogens is 1. The fraction of sp³-hybridized carbons (Fsp3) is 0.308. The fourth-order valence-electron chi connectivity index (χ4n) is 4.31. The molecule has 1 unspecified atom stereocenters. The lowest BCUT2D eigenvalue weighted by atomic mass is 9.95. The van der Waals surface area contributed by atoms with Crippen molar-refractivity contribution >= 4 is 17.4 Å². The van der Waals surface area contributed by atoms with Crippen molar-refractivity contribution in [1.29, 1.82) is 0 Å². The lowest BCUT2D eigenvalue weighted by Crippen LogP contribution is -3.14. The Balaban J connectivity index is 1.68. The van der Waals surface area contributed by atoms with Crippen LogP contribution in [0.4, 0.5) is 0 Å². The number of phenols is 1. The van der Waals surface area contributed by atoms with Gasteiger partial charge in [-0.1, -0.05) is 42.7 Å². The summed E-state index contributed by atoms with van der Waals surface area (Å²) in [6.45, 7) is 7.89. The largest absolute Gasteiger partial charge is 0.872 e. The molecule has 8 heteroatoms. The van der Waals surface area contributed by atoms with Crippen LogP contribution < -0.4 is 14.7 Å². The SMILES string of the molecule is C=CCOc1ccc(C([O-])=C2C(=O)C(=O)N(CC[NH+]3CCOCC3)C2c2ccc(O)cc2)cc1. The first kappa shape index (κ1) is 23.5. The van der Waals surface area contributed by atoms with E-state index in [2.05, 4.69) is 6.58 Å². The molecule has 34 heavy (non-hydrogen) atoms. The van der Waals surface area contributed by atoms with Crippen LogP contribution in [0, 0.1) is 0 Å². The highest BCUT2D eigenvalue weighted by Gasteiger charge is 2.44. The molecule has 2 aromatic carbocycles. The van der Waals surface area contributed by atoms with E-state index in [0.29, 0.717) is 49.8 Å². The Bertz CT molecular complexity index is 1070. The van der Waals surface area contributed by atoms with Gasteiger partial charge >= 0.3 is 0 Å². The Kier molecular flexibility index (Phi) is 7.30. The Labute approximate surface area is 198 Å². The molecule has 1 amide bonds. The zero-order valence-electron chi connectivity index (χ0n) is 18.9. The second kappa shape index (κ2) is 10.5. The molecule has 0 saturated carbocycles. The summed E-state index contributed by atoms with van der Waals surface area (Å²) >= 11 is 0. The lowest BCUT2D eigenvalue weighted by molar-refractivity contribution is -0.907. The average Bonchev–Trinajstić information content (AvgIpc) is 3.12. The average molecular weight is 465 g/mol. The normalized spacial score (nSPS) is 20.5. The highest BCUT2D eigenvalue weighted by molar-refractivity contribution is 6.46. The van der Waals surface area contributed by atoms with Gasteiger partial charge in [0.25, 0.3) is 5.91 Å². The van der Waals surface area contributed by atoms with Crippen molar-refractivity contribution in [2.75, 3.05) is 46.0 Å². The summed E-state index contributed by atoms with van der Waals surface area (Å²) in [4.78, 5) is 28.9. The van der Waals surface area contributed by atoms with Gasteiger partial charge in [0.15, 0.2) is 0 Å². The summed E-state index contributed by atoms with van der Waals surface area (Å²) in [5.41, 5.74) is 0.822. The number of nitrogens with zero attached hydrogens (tertiary/aromatic N) is 1. The topological polar surface area (TPSA) is 104 Å². The molecule has 2 saturated heterocycles. The number of carbonyl (C=O) groups is 2. The molecule has 2 aromatic rings. The summed E-state index contributed by atoms with van der Waals surface area (Å²) in [6.07, 6.45) is 1.62. The number of rotatable bonds is 8. The number of likely N-dealkylation sites (tertiary alicyclic amines) is 1. The zero-order valence-corrected chi connectivity index (χ0v) is 18.9. The number of Topliss-reactive ketones (excluding diaryl/α,β-unsaturated/α-hetero) is 1. The van der Waals surface area contributed by atoms with Gasteiger partial charge in [-0.25, -0.2) is 0 Å². The number of morpholine rings is 1. The van der Waals surface area contributed by atoms with E-state index in [-0.39, 0.29) is 11.3 Å². The van der Waals surface area contributed by atoms with Gasteiger partial charge in [-0.05, 0) is 35.4 Å². The van der Waals surface area contributed by atoms with Crippen molar-refractivity contribution in [3.8, 4) is 11.5 Å². The highest BCUT2D eigenvalue weighted by atomic mass is 16.5. The van der Waals surface area contributed by atoms with Gasteiger partial charge in [0.2, 0.25) is 5.78 Å². The smallest absolute Gasteiger partial charge is 0.295 e. The van der Waals surface area contributed by atoms with Gasteiger partial charge in [-0.2, -0.15) is 0 Å². The number of nitrogens with one attached hydrogen (secondary N) is 1. The Hall–Kier alpha value is -3.62. The number of benzene rings is 2. The summed E-state index contributed by atoms with van der Waals surface area (Å²) < 4.78 is 10.9. The number of ketones is 1. The van der Waals surface area contributed by atoms with Gasteiger partial charge in [0.1, 0.15) is 31.2 Å². The molecule has 0 radical (unpaired) electrons. The maximum atomic E-state index is 13.5. The van der Waals surface area contributed by atoms with E-state index in [0.717, 1.165) is 13.1 Å². The number of aromatic hydroxyl groups is 1. The fourth-order valence-corrected chi connectivity index (χ4v) is 4.31. The molecule has 2 fully saturated rings. The predicted molar refractivity (Wildman–Crippen MR) is 123 cm³/mol. The van der Waals surface area contributed by atoms with E-state index >= 15 is 0 Å². The minimum Gasteiger partial charge on any atom is -0.872 e. The molecule has 2 aliphatic rings. The standard InChI is InChI=1S/C26H28N2O6/c1-2-15-34-21-9-5-19(6-10-21)24(30)22-23(18-3-7-20(29)8-4-18)28(26(32)25(22)31)12-11-27-13-16-33-17-14-27/h2-10,23,29-30H,1,11-17H2. The van der Waals surface area contributed by atoms with Crippen LogP contribution >= 0.6 is 0 Å². The molecular weight excluding hydrogens is 436 g/mol. The number of carbonyl (C=O) groups excluding carboxylic acids is 2. The maximum Gasteiger partial charge on any atom is 0.295 e. The summed E-state index contributed by atoms with van der Waals surface area (Å²) in [5.74, 6) is -1.33. The van der Waals surface area contributed by atoms with Gasteiger partial charge in [-0.3, -0.25) is 9.59 Å². The zero-order chi connectivity index (χ0) is 24.1. The molecule has 4 rings (SSSR count). The van der Waals surface area contributed by atoms with Crippen LogP contribution in [0.5, 0.6) is 11.5 Å². The van der Waals surface area contributed by atoms with Crippen LogP contribution in [0.25, 0.3) is 5.76 Å². The van der Waals surface area contributed by atoms with E-state index in [1.54, 1.807) is 42.5 Å². The monoisotopic (exact) mass is 464 g/mol. The first-order valence-corrected chi connectivity index (χ1v) is 11.3. The van der Waals surface area contributed by atoms with Crippen LogP contribution in [-0.4, -0.2) is 67.7 Å². The predicted octanol–water partition coefficient (Wildman–Crippen LogP) is 0.0961.